The summed E-state index contributed by atoms with van der Waals surface area (Å²) in [6.07, 6.45) is 9.18. The highest BCUT2D eigenvalue weighted by Gasteiger charge is 2.27. The zero-order valence-electron chi connectivity index (χ0n) is 17.7. The first-order valence-electron chi connectivity index (χ1n) is 10.8. The summed E-state index contributed by atoms with van der Waals surface area (Å²) in [5.41, 5.74) is 4.15. The number of imide groups is 1. The van der Waals surface area contributed by atoms with E-state index in [2.05, 4.69) is 38.6 Å². The number of carbonyl (C=O) groups is 2. The van der Waals surface area contributed by atoms with E-state index in [4.69, 9.17) is 0 Å². The highest BCUT2D eigenvalue weighted by Crippen LogP contribution is 2.27. The van der Waals surface area contributed by atoms with Crippen molar-refractivity contribution < 1.29 is 9.59 Å². The number of piperidine rings is 1. The second-order valence-corrected chi connectivity index (χ2v) is 8.52. The van der Waals surface area contributed by atoms with Gasteiger partial charge in [-0.05, 0) is 62.0 Å². The van der Waals surface area contributed by atoms with E-state index in [1.54, 1.807) is 15.6 Å². The SMILES string of the molecule is Cn1nccc1CN1CCC(Cc2ccn3ncc(N4CCC(=O)NC4=O)c3c2)CC1. The minimum Gasteiger partial charge on any atom is -0.298 e. The van der Waals surface area contributed by atoms with Crippen LogP contribution in [0.25, 0.3) is 5.52 Å². The van der Waals surface area contributed by atoms with E-state index >= 15 is 0 Å². The van der Waals surface area contributed by atoms with Gasteiger partial charge in [0.2, 0.25) is 5.91 Å². The summed E-state index contributed by atoms with van der Waals surface area (Å²) in [6, 6.07) is 5.96. The molecule has 0 atom stereocenters. The Hall–Kier alpha value is -3.20. The Morgan fingerprint density at radius 2 is 1.97 bits per heavy atom. The van der Waals surface area contributed by atoms with E-state index in [0.717, 1.165) is 37.3 Å². The minimum atomic E-state index is -0.377. The normalized spacial score (nSPS) is 18.7. The third kappa shape index (κ3) is 4.05. The number of rotatable bonds is 5. The summed E-state index contributed by atoms with van der Waals surface area (Å²) in [4.78, 5) is 27.8. The van der Waals surface area contributed by atoms with E-state index in [9.17, 15) is 9.59 Å². The van der Waals surface area contributed by atoms with Crippen LogP contribution >= 0.6 is 0 Å². The molecular weight excluding hydrogens is 394 g/mol. The largest absolute Gasteiger partial charge is 0.328 e. The first-order valence-corrected chi connectivity index (χ1v) is 10.8. The molecule has 0 unspecified atom stereocenters. The monoisotopic (exact) mass is 421 g/mol. The number of aromatic nitrogens is 4. The molecule has 2 saturated heterocycles. The molecule has 2 aliphatic rings. The van der Waals surface area contributed by atoms with Gasteiger partial charge in [-0.3, -0.25) is 24.6 Å². The Morgan fingerprint density at radius 3 is 2.71 bits per heavy atom. The van der Waals surface area contributed by atoms with Crippen LogP contribution in [0.2, 0.25) is 0 Å². The number of urea groups is 1. The summed E-state index contributed by atoms with van der Waals surface area (Å²) >= 11 is 0. The van der Waals surface area contributed by atoms with Crippen LogP contribution in [0.15, 0.2) is 36.8 Å². The highest BCUT2D eigenvalue weighted by atomic mass is 16.2. The Balaban J connectivity index is 1.25. The number of hydrogen-bond donors (Lipinski definition) is 1. The Labute approximate surface area is 180 Å². The van der Waals surface area contributed by atoms with E-state index in [1.165, 1.54) is 24.1 Å². The lowest BCUT2D eigenvalue weighted by Crippen LogP contribution is -2.49. The smallest absolute Gasteiger partial charge is 0.298 e. The molecule has 3 aromatic heterocycles. The summed E-state index contributed by atoms with van der Waals surface area (Å²) in [6.45, 7) is 3.52. The number of pyridine rings is 1. The molecule has 0 spiro atoms. The average molecular weight is 422 g/mol. The summed E-state index contributed by atoms with van der Waals surface area (Å²) in [7, 11) is 1.99. The van der Waals surface area contributed by atoms with Gasteiger partial charge in [0.1, 0.15) is 0 Å². The van der Waals surface area contributed by atoms with Gasteiger partial charge in [-0.25, -0.2) is 9.31 Å². The predicted octanol–water partition coefficient (Wildman–Crippen LogP) is 1.97. The maximum Gasteiger partial charge on any atom is 0.328 e. The van der Waals surface area contributed by atoms with Crippen molar-refractivity contribution in [2.24, 2.45) is 13.0 Å². The van der Waals surface area contributed by atoms with Crippen molar-refractivity contribution in [2.45, 2.75) is 32.2 Å². The fourth-order valence-electron chi connectivity index (χ4n) is 4.61. The third-order valence-corrected chi connectivity index (χ3v) is 6.45. The lowest BCUT2D eigenvalue weighted by atomic mass is 9.90. The number of nitrogens with zero attached hydrogens (tertiary/aromatic N) is 6. The van der Waals surface area contributed by atoms with Crippen molar-refractivity contribution >= 4 is 23.1 Å². The number of aryl methyl sites for hydroxylation is 1. The van der Waals surface area contributed by atoms with Gasteiger partial charge in [0, 0.05) is 39.0 Å². The molecule has 0 aliphatic carbocycles. The van der Waals surface area contributed by atoms with Crippen molar-refractivity contribution in [3.05, 3.63) is 48.0 Å². The van der Waals surface area contributed by atoms with Crippen molar-refractivity contribution in [3.8, 4) is 0 Å². The molecular formula is C22H27N7O2. The molecule has 5 rings (SSSR count). The zero-order chi connectivity index (χ0) is 21.4. The molecule has 2 fully saturated rings. The molecule has 0 bridgehead atoms. The molecule has 3 amide bonds. The van der Waals surface area contributed by atoms with Gasteiger partial charge in [0.15, 0.2) is 0 Å². The van der Waals surface area contributed by atoms with Crippen molar-refractivity contribution in [2.75, 3.05) is 24.5 Å². The van der Waals surface area contributed by atoms with Gasteiger partial charge in [0.25, 0.3) is 0 Å². The number of nitrogens with one attached hydrogen (secondary N) is 1. The molecule has 0 aromatic carbocycles. The standard InChI is InChI=1S/C22H27N7O2/c1-26-18(2-7-23-26)15-27-8-3-16(4-9-27)12-17-5-11-29-19(13-17)20(14-24-29)28-10-6-21(30)25-22(28)31/h2,5,7,11,13-14,16H,3-4,6,8-10,12,15H2,1H3,(H,25,30,31). The summed E-state index contributed by atoms with van der Waals surface area (Å²) in [5, 5.41) is 11.0. The molecule has 31 heavy (non-hydrogen) atoms. The van der Waals surface area contributed by atoms with Crippen LogP contribution in [0.3, 0.4) is 0 Å². The predicted molar refractivity (Wildman–Crippen MR) is 116 cm³/mol. The van der Waals surface area contributed by atoms with E-state index in [1.807, 2.05) is 24.1 Å². The van der Waals surface area contributed by atoms with E-state index < -0.39 is 0 Å². The number of likely N-dealkylation sites (tertiary alicyclic amines) is 1. The van der Waals surface area contributed by atoms with Gasteiger partial charge < -0.3 is 0 Å². The number of anilines is 1. The van der Waals surface area contributed by atoms with Crippen molar-refractivity contribution in [1.82, 2.24) is 29.6 Å². The minimum absolute atomic E-state index is 0.229. The molecule has 3 aromatic rings. The van der Waals surface area contributed by atoms with Crippen LogP contribution in [-0.4, -0.2) is 55.9 Å². The van der Waals surface area contributed by atoms with Crippen LogP contribution in [0, 0.1) is 5.92 Å². The van der Waals surface area contributed by atoms with Crippen molar-refractivity contribution in [1.29, 1.82) is 0 Å². The first-order chi connectivity index (χ1) is 15.1. The van der Waals surface area contributed by atoms with Crippen LogP contribution < -0.4 is 10.2 Å². The zero-order valence-corrected chi connectivity index (χ0v) is 17.7. The van der Waals surface area contributed by atoms with Gasteiger partial charge in [-0.1, -0.05) is 0 Å². The topological polar surface area (TPSA) is 87.8 Å². The number of carbonyl (C=O) groups excluding carboxylic acids is 2. The second-order valence-electron chi connectivity index (χ2n) is 8.52. The molecule has 9 nitrogen and oxygen atoms in total. The van der Waals surface area contributed by atoms with Crippen LogP contribution in [0.5, 0.6) is 0 Å². The number of amides is 3. The Kier molecular flexibility index (Phi) is 5.19. The van der Waals surface area contributed by atoms with Gasteiger partial charge >= 0.3 is 6.03 Å². The quantitative estimate of drug-likeness (QED) is 0.681. The maximum absolute atomic E-state index is 12.3. The highest BCUT2D eigenvalue weighted by molar-refractivity contribution is 6.07. The molecule has 0 radical (unpaired) electrons. The Morgan fingerprint density at radius 1 is 1.13 bits per heavy atom. The molecule has 9 heteroatoms. The first kappa shape index (κ1) is 19.7. The number of fused-ring (bicyclic) bond motifs is 1. The summed E-state index contributed by atoms with van der Waals surface area (Å²) < 4.78 is 3.74. The van der Waals surface area contributed by atoms with Crippen LogP contribution in [-0.2, 0) is 24.8 Å². The third-order valence-electron chi connectivity index (χ3n) is 6.45. The van der Waals surface area contributed by atoms with E-state index in [-0.39, 0.29) is 11.9 Å². The molecule has 2 aliphatic heterocycles. The second kappa shape index (κ2) is 8.14. The number of hydrogen-bond acceptors (Lipinski definition) is 5. The van der Waals surface area contributed by atoms with Crippen LogP contribution in [0.4, 0.5) is 10.5 Å². The maximum atomic E-state index is 12.3. The molecule has 1 N–H and O–H groups in total. The fraction of sp³-hybridized carbons (Fsp3) is 0.455. The molecule has 5 heterocycles. The van der Waals surface area contributed by atoms with Crippen molar-refractivity contribution in [3.63, 3.8) is 0 Å². The lowest BCUT2D eigenvalue weighted by molar-refractivity contribution is -0.120. The Bertz CT molecular complexity index is 1110. The lowest BCUT2D eigenvalue weighted by Gasteiger charge is -2.32. The van der Waals surface area contributed by atoms with Crippen LogP contribution in [0.1, 0.15) is 30.5 Å². The molecule has 162 valence electrons. The summed E-state index contributed by atoms with van der Waals surface area (Å²) in [5.74, 6) is 0.417. The van der Waals surface area contributed by atoms with Gasteiger partial charge in [-0.15, -0.1) is 0 Å². The fourth-order valence-corrected chi connectivity index (χ4v) is 4.61. The average Bonchev–Trinajstić information content (AvgIpc) is 3.35. The molecule has 0 saturated carbocycles. The van der Waals surface area contributed by atoms with E-state index in [0.29, 0.717) is 18.9 Å². The van der Waals surface area contributed by atoms with Gasteiger partial charge in [-0.2, -0.15) is 10.2 Å². The van der Waals surface area contributed by atoms with Gasteiger partial charge in [0.05, 0.1) is 23.1 Å².